The summed E-state index contributed by atoms with van der Waals surface area (Å²) in [5.74, 6) is 0.431. The quantitative estimate of drug-likeness (QED) is 0.738. The van der Waals surface area contributed by atoms with E-state index in [-0.39, 0.29) is 17.7 Å². The Kier molecular flexibility index (Phi) is 5.37. The van der Waals surface area contributed by atoms with Crippen molar-refractivity contribution in [3.05, 3.63) is 0 Å². The normalized spacial score (nSPS) is 21.4. The zero-order chi connectivity index (χ0) is 14.5. The van der Waals surface area contributed by atoms with Crippen LogP contribution in [-0.2, 0) is 9.59 Å². The Balaban J connectivity index is 1.75. The maximum atomic E-state index is 12.2. The monoisotopic (exact) mass is 282 g/mol. The molecule has 0 aromatic carbocycles. The van der Waals surface area contributed by atoms with Gasteiger partial charge in [0.05, 0.1) is 6.54 Å². The van der Waals surface area contributed by atoms with Gasteiger partial charge in [-0.25, -0.2) is 0 Å². The van der Waals surface area contributed by atoms with Gasteiger partial charge < -0.3 is 15.1 Å². The molecule has 2 amide bonds. The number of piperazine rings is 2. The predicted octanol–water partition coefficient (Wildman–Crippen LogP) is -0.782. The van der Waals surface area contributed by atoms with E-state index in [1.54, 1.807) is 0 Å². The molecule has 0 saturated carbocycles. The zero-order valence-corrected chi connectivity index (χ0v) is 12.6. The van der Waals surface area contributed by atoms with Crippen LogP contribution in [0.3, 0.4) is 0 Å². The second kappa shape index (κ2) is 7.04. The van der Waals surface area contributed by atoms with Gasteiger partial charge in [0.15, 0.2) is 0 Å². The Morgan fingerprint density at radius 1 is 0.950 bits per heavy atom. The minimum atomic E-state index is 0.0399. The van der Waals surface area contributed by atoms with E-state index in [1.807, 2.05) is 23.6 Å². The summed E-state index contributed by atoms with van der Waals surface area (Å²) in [6.45, 7) is 10.8. The highest BCUT2D eigenvalue weighted by Gasteiger charge is 2.26. The van der Waals surface area contributed by atoms with Crippen molar-refractivity contribution in [3.8, 4) is 0 Å². The largest absolute Gasteiger partial charge is 0.339 e. The molecule has 1 N–H and O–H groups in total. The van der Waals surface area contributed by atoms with Gasteiger partial charge >= 0.3 is 0 Å². The molecular weight excluding hydrogens is 256 g/mol. The number of rotatable bonds is 3. The Hall–Kier alpha value is -1.14. The first-order valence-electron chi connectivity index (χ1n) is 7.57. The molecule has 0 atom stereocenters. The smallest absolute Gasteiger partial charge is 0.236 e. The van der Waals surface area contributed by atoms with E-state index in [2.05, 4.69) is 10.2 Å². The van der Waals surface area contributed by atoms with Crippen LogP contribution in [0.25, 0.3) is 0 Å². The second-order valence-electron chi connectivity index (χ2n) is 5.89. The molecule has 0 aromatic rings. The highest BCUT2D eigenvalue weighted by molar-refractivity contribution is 5.80. The van der Waals surface area contributed by atoms with Crippen molar-refractivity contribution in [2.24, 2.45) is 5.92 Å². The molecule has 2 aliphatic heterocycles. The minimum Gasteiger partial charge on any atom is -0.339 e. The molecule has 0 unspecified atom stereocenters. The molecule has 2 heterocycles. The van der Waals surface area contributed by atoms with Crippen LogP contribution in [0.5, 0.6) is 0 Å². The lowest BCUT2D eigenvalue weighted by molar-refractivity contribution is -0.142. The Morgan fingerprint density at radius 2 is 1.50 bits per heavy atom. The van der Waals surface area contributed by atoms with Gasteiger partial charge in [0.25, 0.3) is 0 Å². The summed E-state index contributed by atoms with van der Waals surface area (Å²) in [7, 11) is 0. The SMILES string of the molecule is CC(C)C(=O)N1CCN(C(=O)CN2CCNCC2)CC1. The van der Waals surface area contributed by atoms with E-state index >= 15 is 0 Å². The van der Waals surface area contributed by atoms with Crippen LogP contribution in [0.4, 0.5) is 0 Å². The molecule has 0 radical (unpaired) electrons. The number of nitrogens with zero attached hydrogens (tertiary/aromatic N) is 3. The lowest BCUT2D eigenvalue weighted by Crippen LogP contribution is -2.54. The Morgan fingerprint density at radius 3 is 2.05 bits per heavy atom. The van der Waals surface area contributed by atoms with Gasteiger partial charge in [-0.05, 0) is 0 Å². The maximum Gasteiger partial charge on any atom is 0.236 e. The first-order chi connectivity index (χ1) is 9.58. The van der Waals surface area contributed by atoms with Crippen molar-refractivity contribution in [3.63, 3.8) is 0 Å². The summed E-state index contributed by atoms with van der Waals surface area (Å²) >= 11 is 0. The third kappa shape index (κ3) is 3.93. The number of carbonyl (C=O) groups excluding carboxylic acids is 2. The average Bonchev–Trinajstić information content (AvgIpc) is 2.47. The van der Waals surface area contributed by atoms with E-state index in [9.17, 15) is 9.59 Å². The second-order valence-corrected chi connectivity index (χ2v) is 5.89. The zero-order valence-electron chi connectivity index (χ0n) is 12.6. The minimum absolute atomic E-state index is 0.0399. The van der Waals surface area contributed by atoms with E-state index in [4.69, 9.17) is 0 Å². The predicted molar refractivity (Wildman–Crippen MR) is 77.3 cm³/mol. The summed E-state index contributed by atoms with van der Waals surface area (Å²) in [6, 6.07) is 0. The molecule has 2 rings (SSSR count). The summed E-state index contributed by atoms with van der Waals surface area (Å²) in [5.41, 5.74) is 0. The van der Waals surface area contributed by atoms with E-state index in [1.165, 1.54) is 0 Å². The van der Waals surface area contributed by atoms with Crippen LogP contribution in [-0.4, -0.2) is 85.4 Å². The standard InChI is InChI=1S/C14H26N4O2/c1-12(2)14(20)18-9-7-17(8-10-18)13(19)11-16-5-3-15-4-6-16/h12,15H,3-11H2,1-2H3. The molecule has 20 heavy (non-hydrogen) atoms. The van der Waals surface area contributed by atoms with Gasteiger partial charge in [-0.2, -0.15) is 0 Å². The highest BCUT2D eigenvalue weighted by Crippen LogP contribution is 2.08. The average molecular weight is 282 g/mol. The lowest BCUT2D eigenvalue weighted by atomic mass is 10.1. The van der Waals surface area contributed by atoms with Crippen molar-refractivity contribution in [1.29, 1.82) is 0 Å². The molecule has 2 saturated heterocycles. The molecule has 114 valence electrons. The molecule has 2 aliphatic rings. The van der Waals surface area contributed by atoms with Crippen molar-refractivity contribution in [1.82, 2.24) is 20.0 Å². The lowest BCUT2D eigenvalue weighted by Gasteiger charge is -2.37. The van der Waals surface area contributed by atoms with Crippen LogP contribution in [0.2, 0.25) is 0 Å². The molecular formula is C14H26N4O2. The highest BCUT2D eigenvalue weighted by atomic mass is 16.2. The summed E-state index contributed by atoms with van der Waals surface area (Å²) in [6.07, 6.45) is 0. The van der Waals surface area contributed by atoms with Crippen LogP contribution < -0.4 is 5.32 Å². The molecule has 0 bridgehead atoms. The van der Waals surface area contributed by atoms with Gasteiger partial charge in [0.1, 0.15) is 0 Å². The third-order valence-corrected chi connectivity index (χ3v) is 4.01. The summed E-state index contributed by atoms with van der Waals surface area (Å²) < 4.78 is 0. The molecule has 0 aliphatic carbocycles. The number of carbonyl (C=O) groups is 2. The van der Waals surface area contributed by atoms with E-state index in [0.29, 0.717) is 32.7 Å². The first kappa shape index (κ1) is 15.3. The molecule has 0 spiro atoms. The summed E-state index contributed by atoms with van der Waals surface area (Å²) in [4.78, 5) is 30.1. The number of hydrogen-bond donors (Lipinski definition) is 1. The van der Waals surface area contributed by atoms with Crippen LogP contribution >= 0.6 is 0 Å². The van der Waals surface area contributed by atoms with Crippen LogP contribution in [0.15, 0.2) is 0 Å². The third-order valence-electron chi connectivity index (χ3n) is 4.01. The first-order valence-corrected chi connectivity index (χ1v) is 7.57. The van der Waals surface area contributed by atoms with E-state index < -0.39 is 0 Å². The molecule has 6 nitrogen and oxygen atoms in total. The fraction of sp³-hybridized carbons (Fsp3) is 0.857. The topological polar surface area (TPSA) is 55.9 Å². The molecule has 0 aromatic heterocycles. The number of hydrogen-bond acceptors (Lipinski definition) is 4. The fourth-order valence-electron chi connectivity index (χ4n) is 2.70. The van der Waals surface area contributed by atoms with Crippen molar-refractivity contribution >= 4 is 11.8 Å². The van der Waals surface area contributed by atoms with E-state index in [0.717, 1.165) is 26.2 Å². The Labute approximate surface area is 121 Å². The van der Waals surface area contributed by atoms with Gasteiger partial charge in [-0.1, -0.05) is 13.8 Å². The number of nitrogens with one attached hydrogen (secondary N) is 1. The van der Waals surface area contributed by atoms with Crippen molar-refractivity contribution < 1.29 is 9.59 Å². The maximum absolute atomic E-state index is 12.2. The fourth-order valence-corrected chi connectivity index (χ4v) is 2.70. The molecule has 6 heteroatoms. The van der Waals surface area contributed by atoms with Crippen LogP contribution in [0.1, 0.15) is 13.8 Å². The van der Waals surface area contributed by atoms with Gasteiger partial charge in [0.2, 0.25) is 11.8 Å². The number of amides is 2. The van der Waals surface area contributed by atoms with Gasteiger partial charge in [-0.15, -0.1) is 0 Å². The summed E-state index contributed by atoms with van der Waals surface area (Å²) in [5, 5.41) is 3.29. The van der Waals surface area contributed by atoms with Crippen LogP contribution in [0, 0.1) is 5.92 Å². The van der Waals surface area contributed by atoms with Crippen molar-refractivity contribution in [2.75, 3.05) is 58.9 Å². The van der Waals surface area contributed by atoms with Gasteiger partial charge in [0, 0.05) is 58.3 Å². The van der Waals surface area contributed by atoms with Gasteiger partial charge in [-0.3, -0.25) is 14.5 Å². The Bertz CT molecular complexity index is 345. The van der Waals surface area contributed by atoms with Crippen molar-refractivity contribution in [2.45, 2.75) is 13.8 Å². The molecule has 2 fully saturated rings.